The van der Waals surface area contributed by atoms with Crippen LogP contribution in [0, 0.1) is 5.92 Å². The van der Waals surface area contributed by atoms with Crippen molar-refractivity contribution in [3.8, 4) is 11.4 Å². The average Bonchev–Trinajstić information content (AvgIpc) is 3.44. The minimum Gasteiger partial charge on any atom is -0.495 e. The molecule has 0 unspecified atom stereocenters. The van der Waals surface area contributed by atoms with Crippen molar-refractivity contribution in [2.75, 3.05) is 30.0 Å². The van der Waals surface area contributed by atoms with Gasteiger partial charge in [0.2, 0.25) is 0 Å². The Kier molecular flexibility index (Phi) is 4.23. The lowest BCUT2D eigenvalue weighted by Gasteiger charge is -2.19. The summed E-state index contributed by atoms with van der Waals surface area (Å²) in [5.41, 5.74) is 2.99. The molecule has 4 heterocycles. The molecule has 3 aromatic rings. The number of anilines is 2. The van der Waals surface area contributed by atoms with E-state index in [0.717, 1.165) is 36.0 Å². The number of ether oxygens (including phenoxy) is 1. The topological polar surface area (TPSA) is 63.5 Å². The number of hydrogen-bond acceptors (Lipinski definition) is 5. The zero-order chi connectivity index (χ0) is 20.0. The first-order chi connectivity index (χ1) is 14.1. The second kappa shape index (κ2) is 6.92. The van der Waals surface area contributed by atoms with E-state index in [0.29, 0.717) is 23.8 Å². The SMILES string of the molecule is COc1ccccc1N1Cc2nn(-c3ccc(N4CC[C@H](C)C4)nc3)cc2C1=O. The van der Waals surface area contributed by atoms with E-state index in [1.807, 2.05) is 42.6 Å². The molecule has 0 N–H and O–H groups in total. The highest BCUT2D eigenvalue weighted by Gasteiger charge is 2.33. The molecule has 7 heteroatoms. The van der Waals surface area contributed by atoms with E-state index in [9.17, 15) is 4.79 Å². The highest BCUT2D eigenvalue weighted by Crippen LogP contribution is 2.34. The molecule has 148 valence electrons. The molecular formula is C22H23N5O2. The first-order valence-corrected chi connectivity index (χ1v) is 9.89. The lowest BCUT2D eigenvalue weighted by atomic mass is 10.2. The van der Waals surface area contributed by atoms with Crippen LogP contribution in [0.5, 0.6) is 5.75 Å². The van der Waals surface area contributed by atoms with Crippen molar-refractivity contribution in [1.82, 2.24) is 14.8 Å². The largest absolute Gasteiger partial charge is 0.495 e. The third kappa shape index (κ3) is 3.03. The first-order valence-electron chi connectivity index (χ1n) is 9.89. The number of fused-ring (bicyclic) bond motifs is 1. The van der Waals surface area contributed by atoms with E-state index in [1.54, 1.807) is 22.9 Å². The van der Waals surface area contributed by atoms with Gasteiger partial charge in [-0.05, 0) is 36.6 Å². The predicted molar refractivity (Wildman–Crippen MR) is 111 cm³/mol. The van der Waals surface area contributed by atoms with E-state index in [2.05, 4.69) is 21.9 Å². The predicted octanol–water partition coefficient (Wildman–Crippen LogP) is 3.28. The molecule has 2 aliphatic heterocycles. The summed E-state index contributed by atoms with van der Waals surface area (Å²) in [5, 5.41) is 4.64. The van der Waals surface area contributed by atoms with E-state index >= 15 is 0 Å². The van der Waals surface area contributed by atoms with Crippen LogP contribution in [-0.4, -0.2) is 40.9 Å². The number of aromatic nitrogens is 3. The second-order valence-electron chi connectivity index (χ2n) is 7.71. The van der Waals surface area contributed by atoms with Crippen molar-refractivity contribution < 1.29 is 9.53 Å². The molecule has 1 amide bonds. The fourth-order valence-corrected chi connectivity index (χ4v) is 4.10. The van der Waals surface area contributed by atoms with Gasteiger partial charge in [-0.15, -0.1) is 0 Å². The number of nitrogens with zero attached hydrogens (tertiary/aromatic N) is 5. The molecule has 5 rings (SSSR count). The van der Waals surface area contributed by atoms with Gasteiger partial charge in [-0.25, -0.2) is 9.67 Å². The number of methoxy groups -OCH3 is 1. The molecule has 0 saturated carbocycles. The van der Waals surface area contributed by atoms with E-state index in [1.165, 1.54) is 6.42 Å². The normalized spacial score (nSPS) is 18.4. The van der Waals surface area contributed by atoms with Crippen LogP contribution in [0.25, 0.3) is 5.69 Å². The maximum Gasteiger partial charge on any atom is 0.262 e. The van der Waals surface area contributed by atoms with Crippen LogP contribution in [0.4, 0.5) is 11.5 Å². The van der Waals surface area contributed by atoms with Gasteiger partial charge in [-0.2, -0.15) is 5.10 Å². The van der Waals surface area contributed by atoms with Gasteiger partial charge in [0.1, 0.15) is 11.6 Å². The molecule has 0 aliphatic carbocycles. The summed E-state index contributed by atoms with van der Waals surface area (Å²) in [6, 6.07) is 11.6. The average molecular weight is 389 g/mol. The van der Waals surface area contributed by atoms with Crippen molar-refractivity contribution in [2.24, 2.45) is 5.92 Å². The summed E-state index contributed by atoms with van der Waals surface area (Å²) >= 11 is 0. The summed E-state index contributed by atoms with van der Waals surface area (Å²) in [6.45, 7) is 4.80. The maximum atomic E-state index is 13.0. The number of pyridine rings is 1. The molecule has 1 fully saturated rings. The Hall–Kier alpha value is -3.35. The number of amides is 1. The van der Waals surface area contributed by atoms with E-state index in [4.69, 9.17) is 4.74 Å². The molecule has 2 aliphatic rings. The van der Waals surface area contributed by atoms with Crippen molar-refractivity contribution in [3.63, 3.8) is 0 Å². The summed E-state index contributed by atoms with van der Waals surface area (Å²) in [5.74, 6) is 2.32. The standard InChI is InChI=1S/C22H23N5O2/c1-15-9-10-25(12-15)21-8-7-16(11-23-21)27-13-17-18(24-27)14-26(22(17)28)19-5-3-4-6-20(19)29-2/h3-8,11,13,15H,9-10,12,14H2,1-2H3/t15-/m0/s1. The Bertz CT molecular complexity index is 1060. The number of benzene rings is 1. The molecule has 29 heavy (non-hydrogen) atoms. The highest BCUT2D eigenvalue weighted by molar-refractivity contribution is 6.10. The van der Waals surface area contributed by atoms with Crippen LogP contribution in [-0.2, 0) is 6.54 Å². The minimum absolute atomic E-state index is 0.0635. The highest BCUT2D eigenvalue weighted by atomic mass is 16.5. The fraction of sp³-hybridized carbons (Fsp3) is 0.318. The third-order valence-corrected chi connectivity index (χ3v) is 5.69. The number of para-hydroxylation sites is 2. The molecule has 0 radical (unpaired) electrons. The van der Waals surface area contributed by atoms with Gasteiger partial charge in [0.25, 0.3) is 5.91 Å². The van der Waals surface area contributed by atoms with Crippen LogP contribution in [0.15, 0.2) is 48.8 Å². The molecule has 1 atom stereocenters. The van der Waals surface area contributed by atoms with Gasteiger partial charge in [0.15, 0.2) is 0 Å². The third-order valence-electron chi connectivity index (χ3n) is 5.69. The Balaban J connectivity index is 1.38. The first kappa shape index (κ1) is 17.7. The molecular weight excluding hydrogens is 366 g/mol. The Morgan fingerprint density at radius 1 is 1.17 bits per heavy atom. The van der Waals surface area contributed by atoms with Crippen LogP contribution in [0.1, 0.15) is 29.4 Å². The lowest BCUT2D eigenvalue weighted by Crippen LogP contribution is -2.24. The lowest BCUT2D eigenvalue weighted by molar-refractivity contribution is 0.0995. The number of carbonyl (C=O) groups excluding carboxylic acids is 1. The Morgan fingerprint density at radius 2 is 2.03 bits per heavy atom. The van der Waals surface area contributed by atoms with Gasteiger partial charge in [-0.1, -0.05) is 19.1 Å². The fourth-order valence-electron chi connectivity index (χ4n) is 4.10. The molecule has 7 nitrogen and oxygen atoms in total. The summed E-state index contributed by atoms with van der Waals surface area (Å²) < 4.78 is 7.14. The summed E-state index contributed by atoms with van der Waals surface area (Å²) in [7, 11) is 1.61. The van der Waals surface area contributed by atoms with Gasteiger partial charge in [-0.3, -0.25) is 9.69 Å². The van der Waals surface area contributed by atoms with Crippen molar-refractivity contribution in [3.05, 3.63) is 60.0 Å². The van der Waals surface area contributed by atoms with E-state index in [-0.39, 0.29) is 5.91 Å². The number of rotatable bonds is 4. The Morgan fingerprint density at radius 3 is 2.72 bits per heavy atom. The smallest absolute Gasteiger partial charge is 0.262 e. The molecule has 1 saturated heterocycles. The summed E-state index contributed by atoms with van der Waals surface area (Å²) in [4.78, 5) is 21.6. The molecule has 0 bridgehead atoms. The van der Waals surface area contributed by atoms with E-state index < -0.39 is 0 Å². The van der Waals surface area contributed by atoms with Crippen LogP contribution in [0.3, 0.4) is 0 Å². The quantitative estimate of drug-likeness (QED) is 0.685. The number of hydrogen-bond donors (Lipinski definition) is 0. The van der Waals surface area contributed by atoms with Crippen molar-refractivity contribution in [1.29, 1.82) is 0 Å². The van der Waals surface area contributed by atoms with Crippen molar-refractivity contribution >= 4 is 17.4 Å². The summed E-state index contributed by atoms with van der Waals surface area (Å²) in [6.07, 6.45) is 4.82. The zero-order valence-electron chi connectivity index (χ0n) is 16.6. The van der Waals surface area contributed by atoms with Gasteiger partial charge in [0.05, 0.1) is 42.5 Å². The monoisotopic (exact) mass is 389 g/mol. The van der Waals surface area contributed by atoms with Gasteiger partial charge >= 0.3 is 0 Å². The van der Waals surface area contributed by atoms with Gasteiger partial charge < -0.3 is 9.64 Å². The van der Waals surface area contributed by atoms with Crippen LogP contribution < -0.4 is 14.5 Å². The van der Waals surface area contributed by atoms with Crippen molar-refractivity contribution in [2.45, 2.75) is 19.9 Å². The van der Waals surface area contributed by atoms with Crippen LogP contribution in [0.2, 0.25) is 0 Å². The molecule has 2 aromatic heterocycles. The minimum atomic E-state index is -0.0635. The van der Waals surface area contributed by atoms with Crippen LogP contribution >= 0.6 is 0 Å². The molecule has 1 aromatic carbocycles. The number of carbonyl (C=O) groups is 1. The maximum absolute atomic E-state index is 13.0. The second-order valence-corrected chi connectivity index (χ2v) is 7.71. The van der Waals surface area contributed by atoms with Gasteiger partial charge in [0, 0.05) is 19.3 Å². The molecule has 0 spiro atoms. The zero-order valence-corrected chi connectivity index (χ0v) is 16.6. The Labute approximate surface area is 169 Å².